The van der Waals surface area contributed by atoms with Crippen LogP contribution in [-0.4, -0.2) is 22.5 Å². The lowest BCUT2D eigenvalue weighted by atomic mass is 10.1. The monoisotopic (exact) mass is 457 g/mol. The number of nitrogens with one attached hydrogen (secondary N) is 1. The van der Waals surface area contributed by atoms with Gasteiger partial charge in [0.25, 0.3) is 5.56 Å². The SMILES string of the molecule is O=c1cc(OCc2ccc(OC(F)(F)F)cn2)ccn1-c1ccc2c3c(oc2c1)CCNC3. The Bertz CT molecular complexity index is 1360. The van der Waals surface area contributed by atoms with Crippen LogP contribution in [0.25, 0.3) is 16.7 Å². The topological polar surface area (TPSA) is 78.5 Å². The van der Waals surface area contributed by atoms with Gasteiger partial charge in [0.1, 0.15) is 29.4 Å². The Morgan fingerprint density at radius 1 is 1.12 bits per heavy atom. The van der Waals surface area contributed by atoms with Crippen LogP contribution in [0.3, 0.4) is 0 Å². The molecule has 0 radical (unpaired) electrons. The number of hydrogen-bond acceptors (Lipinski definition) is 6. The lowest BCUT2D eigenvalue weighted by Gasteiger charge is -2.11. The molecule has 0 fully saturated rings. The highest BCUT2D eigenvalue weighted by molar-refractivity contribution is 5.84. The second kappa shape index (κ2) is 8.28. The lowest BCUT2D eigenvalue weighted by molar-refractivity contribution is -0.274. The van der Waals surface area contributed by atoms with E-state index in [1.807, 2.05) is 18.2 Å². The van der Waals surface area contributed by atoms with Gasteiger partial charge < -0.3 is 19.2 Å². The zero-order chi connectivity index (χ0) is 23.0. The predicted octanol–water partition coefficient (Wildman–Crippen LogP) is 4.10. The molecule has 5 rings (SSSR count). The van der Waals surface area contributed by atoms with Crippen LogP contribution in [0.15, 0.2) is 64.1 Å². The third-order valence-corrected chi connectivity index (χ3v) is 5.28. The van der Waals surface area contributed by atoms with Crippen LogP contribution in [0.1, 0.15) is 17.0 Å². The quantitative estimate of drug-likeness (QED) is 0.486. The highest BCUT2D eigenvalue weighted by atomic mass is 19.4. The summed E-state index contributed by atoms with van der Waals surface area (Å²) in [6.45, 7) is 1.62. The maximum absolute atomic E-state index is 12.7. The van der Waals surface area contributed by atoms with Crippen LogP contribution >= 0.6 is 0 Å². The Balaban J connectivity index is 1.30. The maximum atomic E-state index is 12.7. The van der Waals surface area contributed by atoms with Crippen LogP contribution in [0.5, 0.6) is 11.5 Å². The van der Waals surface area contributed by atoms with Crippen LogP contribution < -0.4 is 20.3 Å². The van der Waals surface area contributed by atoms with E-state index >= 15 is 0 Å². The van der Waals surface area contributed by atoms with Crippen LogP contribution in [-0.2, 0) is 19.6 Å². The number of pyridine rings is 2. The fourth-order valence-electron chi connectivity index (χ4n) is 3.76. The standard InChI is InChI=1S/C23H18F3N3O4/c24-23(25,26)33-17-3-1-14(28-11-17)13-31-16-6-8-29(22(30)10-16)15-2-4-18-19-12-27-7-5-20(19)32-21(18)9-15/h1-4,6,8-11,27H,5,7,12-13H2. The number of furan rings is 1. The van der Waals surface area contributed by atoms with Crippen LogP contribution in [0.2, 0.25) is 0 Å². The van der Waals surface area contributed by atoms with Gasteiger partial charge >= 0.3 is 6.36 Å². The van der Waals surface area contributed by atoms with Crippen molar-refractivity contribution >= 4 is 11.0 Å². The Morgan fingerprint density at radius 3 is 2.76 bits per heavy atom. The van der Waals surface area contributed by atoms with Crippen molar-refractivity contribution in [2.75, 3.05) is 6.54 Å². The van der Waals surface area contributed by atoms with Gasteiger partial charge in [-0.2, -0.15) is 0 Å². The highest BCUT2D eigenvalue weighted by Gasteiger charge is 2.31. The highest BCUT2D eigenvalue weighted by Crippen LogP contribution is 2.29. The van der Waals surface area contributed by atoms with E-state index in [0.717, 1.165) is 54.1 Å². The predicted molar refractivity (Wildman–Crippen MR) is 112 cm³/mol. The molecule has 0 atom stereocenters. The molecular formula is C23H18F3N3O4. The minimum atomic E-state index is -4.78. The van der Waals surface area contributed by atoms with E-state index in [4.69, 9.17) is 9.15 Å². The van der Waals surface area contributed by atoms with E-state index in [1.54, 1.807) is 12.3 Å². The van der Waals surface area contributed by atoms with Gasteiger partial charge in [-0.15, -0.1) is 13.2 Å². The third-order valence-electron chi connectivity index (χ3n) is 5.28. The molecule has 33 heavy (non-hydrogen) atoms. The maximum Gasteiger partial charge on any atom is 0.573 e. The van der Waals surface area contributed by atoms with Gasteiger partial charge in [-0.05, 0) is 30.3 Å². The summed E-state index contributed by atoms with van der Waals surface area (Å²) >= 11 is 0. The summed E-state index contributed by atoms with van der Waals surface area (Å²) < 4.78 is 53.5. The smallest absolute Gasteiger partial charge is 0.487 e. The first-order chi connectivity index (χ1) is 15.9. The normalized spacial score (nSPS) is 13.7. The van der Waals surface area contributed by atoms with E-state index in [9.17, 15) is 18.0 Å². The Hall–Kier alpha value is -3.79. The molecule has 4 heterocycles. The number of alkyl halides is 3. The molecule has 0 unspecified atom stereocenters. The summed E-state index contributed by atoms with van der Waals surface area (Å²) in [5.74, 6) is 0.873. The van der Waals surface area contributed by atoms with Gasteiger partial charge in [-0.3, -0.25) is 14.3 Å². The van der Waals surface area contributed by atoms with Crippen LogP contribution in [0.4, 0.5) is 13.2 Å². The van der Waals surface area contributed by atoms with Gasteiger partial charge in [0, 0.05) is 48.8 Å². The van der Waals surface area contributed by atoms with Crippen molar-refractivity contribution in [3.63, 3.8) is 0 Å². The number of hydrogen-bond donors (Lipinski definition) is 1. The van der Waals surface area contributed by atoms with Crippen molar-refractivity contribution in [2.24, 2.45) is 0 Å². The molecule has 4 aromatic rings. The molecule has 0 saturated heterocycles. The molecule has 3 aromatic heterocycles. The second-order valence-electron chi connectivity index (χ2n) is 7.50. The van der Waals surface area contributed by atoms with E-state index in [0.29, 0.717) is 17.1 Å². The third kappa shape index (κ3) is 4.56. The van der Waals surface area contributed by atoms with Crippen molar-refractivity contribution in [3.05, 3.63) is 82.2 Å². The summed E-state index contributed by atoms with van der Waals surface area (Å²) in [5, 5.41) is 4.37. The van der Waals surface area contributed by atoms with Crippen molar-refractivity contribution in [3.8, 4) is 17.2 Å². The molecule has 1 aliphatic rings. The minimum absolute atomic E-state index is 0.0201. The van der Waals surface area contributed by atoms with Crippen LogP contribution in [0, 0.1) is 0 Å². The molecule has 7 nitrogen and oxygen atoms in total. The molecule has 0 bridgehead atoms. The van der Waals surface area contributed by atoms with Crippen molar-refractivity contribution in [1.82, 2.24) is 14.9 Å². The molecule has 1 aromatic carbocycles. The zero-order valence-corrected chi connectivity index (χ0v) is 17.2. The molecule has 1 N–H and O–H groups in total. The molecule has 1 aliphatic heterocycles. The number of fused-ring (bicyclic) bond motifs is 3. The summed E-state index contributed by atoms with van der Waals surface area (Å²) in [5.41, 5.74) is 2.64. The lowest BCUT2D eigenvalue weighted by Crippen LogP contribution is -2.22. The molecule has 170 valence electrons. The van der Waals surface area contributed by atoms with Gasteiger partial charge in [0.2, 0.25) is 0 Å². The first-order valence-electron chi connectivity index (χ1n) is 10.2. The molecule has 0 amide bonds. The van der Waals surface area contributed by atoms with E-state index < -0.39 is 12.1 Å². The van der Waals surface area contributed by atoms with Gasteiger partial charge in [-0.1, -0.05) is 0 Å². The molecule has 0 aliphatic carbocycles. The average Bonchev–Trinajstić information content (AvgIpc) is 3.15. The van der Waals surface area contributed by atoms with Gasteiger partial charge in [0.05, 0.1) is 17.6 Å². The number of ether oxygens (including phenoxy) is 2. The Kier molecular flexibility index (Phi) is 5.29. The van der Waals surface area contributed by atoms with Crippen molar-refractivity contribution < 1.29 is 27.1 Å². The van der Waals surface area contributed by atoms with Crippen molar-refractivity contribution in [2.45, 2.75) is 25.9 Å². The molecule has 0 spiro atoms. The summed E-state index contributed by atoms with van der Waals surface area (Å²) in [4.78, 5) is 16.5. The molecule has 10 heteroatoms. The molecular weight excluding hydrogens is 439 g/mol. The van der Waals surface area contributed by atoms with E-state index in [1.165, 1.54) is 16.7 Å². The summed E-state index contributed by atoms with van der Waals surface area (Å²) in [6.07, 6.45) is -1.39. The number of benzene rings is 1. The van der Waals surface area contributed by atoms with Gasteiger partial charge in [-0.25, -0.2) is 0 Å². The minimum Gasteiger partial charge on any atom is -0.487 e. The largest absolute Gasteiger partial charge is 0.573 e. The number of rotatable bonds is 5. The first kappa shape index (κ1) is 21.1. The number of nitrogens with zero attached hydrogens (tertiary/aromatic N) is 2. The summed E-state index contributed by atoms with van der Waals surface area (Å²) in [6, 6.07) is 11.1. The average molecular weight is 457 g/mol. The fourth-order valence-corrected chi connectivity index (χ4v) is 3.76. The number of aromatic nitrogens is 2. The van der Waals surface area contributed by atoms with Crippen molar-refractivity contribution in [1.29, 1.82) is 0 Å². The zero-order valence-electron chi connectivity index (χ0n) is 17.2. The van der Waals surface area contributed by atoms with E-state index in [-0.39, 0.29) is 12.2 Å². The Morgan fingerprint density at radius 2 is 2.00 bits per heavy atom. The summed E-state index contributed by atoms with van der Waals surface area (Å²) in [7, 11) is 0. The fraction of sp³-hybridized carbons (Fsp3) is 0.217. The number of halogens is 3. The second-order valence-corrected chi connectivity index (χ2v) is 7.50. The first-order valence-corrected chi connectivity index (χ1v) is 10.2. The van der Waals surface area contributed by atoms with Gasteiger partial charge in [0.15, 0.2) is 0 Å². The van der Waals surface area contributed by atoms with E-state index in [2.05, 4.69) is 15.0 Å². The molecule has 0 saturated carbocycles. The Labute approximate surface area is 185 Å².